The van der Waals surface area contributed by atoms with Crippen molar-refractivity contribution in [1.82, 2.24) is 15.5 Å². The monoisotopic (exact) mass is 432 g/mol. The number of rotatable bonds is 7. The van der Waals surface area contributed by atoms with Crippen LogP contribution in [0.15, 0.2) is 35.3 Å². The summed E-state index contributed by atoms with van der Waals surface area (Å²) in [6, 6.07) is 11.5. The third kappa shape index (κ3) is 8.55. The smallest absolute Gasteiger partial charge is 0.191 e. The van der Waals surface area contributed by atoms with E-state index >= 15 is 0 Å². The molecule has 2 N–H and O–H groups in total. The van der Waals surface area contributed by atoms with Gasteiger partial charge in [0.2, 0.25) is 0 Å². The summed E-state index contributed by atoms with van der Waals surface area (Å²) in [6.45, 7) is 7.48. The first kappa shape index (κ1) is 22.2. The highest BCUT2D eigenvalue weighted by Gasteiger charge is 2.14. The van der Waals surface area contributed by atoms with Gasteiger partial charge in [-0.25, -0.2) is 0 Å². The van der Waals surface area contributed by atoms with E-state index in [0.717, 1.165) is 18.9 Å². The lowest BCUT2D eigenvalue weighted by atomic mass is 10.1. The summed E-state index contributed by atoms with van der Waals surface area (Å²) in [5.41, 5.74) is 1.36. The van der Waals surface area contributed by atoms with Gasteiger partial charge in [0.05, 0.1) is 0 Å². The maximum atomic E-state index is 4.32. The van der Waals surface area contributed by atoms with Crippen LogP contribution >= 0.6 is 24.0 Å². The maximum absolute atomic E-state index is 4.32. The highest BCUT2D eigenvalue weighted by Crippen LogP contribution is 2.06. The van der Waals surface area contributed by atoms with Gasteiger partial charge >= 0.3 is 0 Å². The van der Waals surface area contributed by atoms with Gasteiger partial charge in [-0.05, 0) is 38.9 Å². The molecule has 132 valence electrons. The molecular weight excluding hydrogens is 399 g/mol. The van der Waals surface area contributed by atoms with E-state index in [-0.39, 0.29) is 24.0 Å². The molecular formula is C18H33IN4. The molecule has 2 atom stereocenters. The Morgan fingerprint density at radius 1 is 1.13 bits per heavy atom. The second-order valence-electron chi connectivity index (χ2n) is 6.44. The fourth-order valence-corrected chi connectivity index (χ4v) is 2.11. The molecule has 5 heteroatoms. The number of likely N-dealkylation sites (N-methyl/N-ethyl adjacent to an activating group) is 1. The Labute approximate surface area is 159 Å². The molecule has 0 spiro atoms. The second kappa shape index (κ2) is 11.7. The molecule has 0 bridgehead atoms. The molecule has 1 aromatic carbocycles. The number of hydrogen-bond acceptors (Lipinski definition) is 2. The molecule has 1 aromatic rings. The molecule has 0 amide bonds. The Hall–Kier alpha value is -0.820. The molecule has 4 nitrogen and oxygen atoms in total. The largest absolute Gasteiger partial charge is 0.355 e. The number of halogens is 1. The number of nitrogens with zero attached hydrogens (tertiary/aromatic N) is 2. The first-order chi connectivity index (χ1) is 10.4. The highest BCUT2D eigenvalue weighted by molar-refractivity contribution is 14.0. The Kier molecular flexibility index (Phi) is 11.3. The van der Waals surface area contributed by atoms with E-state index < -0.39 is 0 Å². The predicted octanol–water partition coefficient (Wildman–Crippen LogP) is 2.99. The van der Waals surface area contributed by atoms with E-state index in [1.807, 2.05) is 7.05 Å². The molecule has 23 heavy (non-hydrogen) atoms. The fourth-order valence-electron chi connectivity index (χ4n) is 2.11. The van der Waals surface area contributed by atoms with E-state index in [1.165, 1.54) is 5.56 Å². The van der Waals surface area contributed by atoms with Crippen molar-refractivity contribution in [2.75, 3.05) is 27.7 Å². The Morgan fingerprint density at radius 2 is 1.74 bits per heavy atom. The van der Waals surface area contributed by atoms with Crippen molar-refractivity contribution in [3.05, 3.63) is 35.9 Å². The number of hydrogen-bond donors (Lipinski definition) is 2. The lowest BCUT2D eigenvalue weighted by Gasteiger charge is -2.27. The van der Waals surface area contributed by atoms with Gasteiger partial charge in [-0.15, -0.1) is 24.0 Å². The molecule has 0 aliphatic heterocycles. The SMILES string of the molecule is CN=C(NCC(Cc1ccccc1)N(C)C)NC(C)C(C)C.I. The summed E-state index contributed by atoms with van der Waals surface area (Å²) in [5, 5.41) is 6.90. The van der Waals surface area contributed by atoms with Gasteiger partial charge in [-0.1, -0.05) is 44.2 Å². The fraction of sp³-hybridized carbons (Fsp3) is 0.611. The van der Waals surface area contributed by atoms with Crippen LogP contribution in [0.3, 0.4) is 0 Å². The lowest BCUT2D eigenvalue weighted by molar-refractivity contribution is 0.290. The molecule has 0 aliphatic rings. The quantitative estimate of drug-likeness (QED) is 0.396. The van der Waals surface area contributed by atoms with Gasteiger partial charge in [0.25, 0.3) is 0 Å². The number of nitrogens with one attached hydrogen (secondary N) is 2. The summed E-state index contributed by atoms with van der Waals surface area (Å²) < 4.78 is 0. The van der Waals surface area contributed by atoms with Gasteiger partial charge in [-0.3, -0.25) is 4.99 Å². The third-order valence-electron chi connectivity index (χ3n) is 4.14. The Balaban J connectivity index is 0.00000484. The molecule has 0 radical (unpaired) electrons. The van der Waals surface area contributed by atoms with Crippen molar-refractivity contribution < 1.29 is 0 Å². The normalized spacial score (nSPS) is 14.3. The molecule has 0 saturated carbocycles. The first-order valence-corrected chi connectivity index (χ1v) is 8.11. The molecule has 0 heterocycles. The van der Waals surface area contributed by atoms with E-state index in [2.05, 4.69) is 85.7 Å². The molecule has 0 aliphatic carbocycles. The molecule has 0 fully saturated rings. The van der Waals surface area contributed by atoms with Gasteiger partial charge < -0.3 is 15.5 Å². The zero-order valence-corrected chi connectivity index (χ0v) is 17.7. The standard InChI is InChI=1S/C18H32N4.HI/c1-14(2)15(3)21-18(19-4)20-13-17(22(5)6)12-16-10-8-7-9-11-16;/h7-11,14-15,17H,12-13H2,1-6H3,(H2,19,20,21);1H. The van der Waals surface area contributed by atoms with Gasteiger partial charge in [-0.2, -0.15) is 0 Å². The summed E-state index contributed by atoms with van der Waals surface area (Å²) >= 11 is 0. The van der Waals surface area contributed by atoms with Gasteiger partial charge in [0.15, 0.2) is 5.96 Å². The number of guanidine groups is 1. The predicted molar refractivity (Wildman–Crippen MR) is 112 cm³/mol. The average Bonchev–Trinajstić information content (AvgIpc) is 2.50. The van der Waals surface area contributed by atoms with Crippen molar-refractivity contribution in [2.45, 2.75) is 39.3 Å². The minimum atomic E-state index is 0. The summed E-state index contributed by atoms with van der Waals surface area (Å²) in [5.74, 6) is 1.45. The lowest BCUT2D eigenvalue weighted by Crippen LogP contribution is -2.49. The van der Waals surface area contributed by atoms with E-state index in [4.69, 9.17) is 0 Å². The van der Waals surface area contributed by atoms with Crippen LogP contribution in [0.5, 0.6) is 0 Å². The van der Waals surface area contributed by atoms with Crippen LogP contribution in [0, 0.1) is 5.92 Å². The topological polar surface area (TPSA) is 39.7 Å². The zero-order valence-electron chi connectivity index (χ0n) is 15.3. The molecule has 1 rings (SSSR count). The average molecular weight is 432 g/mol. The van der Waals surface area contributed by atoms with E-state index in [1.54, 1.807) is 0 Å². The minimum Gasteiger partial charge on any atom is -0.355 e. The molecule has 2 unspecified atom stereocenters. The van der Waals surface area contributed by atoms with Crippen molar-refractivity contribution >= 4 is 29.9 Å². The molecule has 0 aromatic heterocycles. The Morgan fingerprint density at radius 3 is 2.22 bits per heavy atom. The maximum Gasteiger partial charge on any atom is 0.191 e. The van der Waals surface area contributed by atoms with Crippen molar-refractivity contribution in [2.24, 2.45) is 10.9 Å². The van der Waals surface area contributed by atoms with Crippen molar-refractivity contribution in [3.8, 4) is 0 Å². The van der Waals surface area contributed by atoms with E-state index in [0.29, 0.717) is 18.0 Å². The van der Waals surface area contributed by atoms with Crippen LogP contribution in [0.4, 0.5) is 0 Å². The van der Waals surface area contributed by atoms with Crippen molar-refractivity contribution in [1.29, 1.82) is 0 Å². The summed E-state index contributed by atoms with van der Waals surface area (Å²) in [6.07, 6.45) is 1.03. The zero-order chi connectivity index (χ0) is 16.5. The van der Waals surface area contributed by atoms with Crippen LogP contribution < -0.4 is 10.6 Å². The van der Waals surface area contributed by atoms with Gasteiger partial charge in [0, 0.05) is 25.7 Å². The van der Waals surface area contributed by atoms with Crippen LogP contribution in [0.2, 0.25) is 0 Å². The first-order valence-electron chi connectivity index (χ1n) is 8.11. The van der Waals surface area contributed by atoms with Crippen LogP contribution in [-0.4, -0.2) is 50.6 Å². The minimum absolute atomic E-state index is 0. The van der Waals surface area contributed by atoms with Crippen LogP contribution in [0.25, 0.3) is 0 Å². The molecule has 0 saturated heterocycles. The van der Waals surface area contributed by atoms with E-state index in [9.17, 15) is 0 Å². The number of benzene rings is 1. The van der Waals surface area contributed by atoms with Gasteiger partial charge in [0.1, 0.15) is 0 Å². The number of aliphatic imine (C=N–C) groups is 1. The van der Waals surface area contributed by atoms with Crippen LogP contribution in [0.1, 0.15) is 26.3 Å². The summed E-state index contributed by atoms with van der Waals surface area (Å²) in [4.78, 5) is 6.59. The third-order valence-corrected chi connectivity index (χ3v) is 4.14. The Bertz CT molecular complexity index is 446. The summed E-state index contributed by atoms with van der Waals surface area (Å²) in [7, 11) is 6.08. The second-order valence-corrected chi connectivity index (χ2v) is 6.44. The highest BCUT2D eigenvalue weighted by atomic mass is 127. The van der Waals surface area contributed by atoms with Crippen molar-refractivity contribution in [3.63, 3.8) is 0 Å². The van der Waals surface area contributed by atoms with Crippen LogP contribution in [-0.2, 0) is 6.42 Å².